The zero-order chi connectivity index (χ0) is 8.74. The van der Waals surface area contributed by atoms with Crippen molar-refractivity contribution in [2.45, 2.75) is 0 Å². The Bertz CT molecular complexity index is 105. The first-order chi connectivity index (χ1) is 5.24. The van der Waals surface area contributed by atoms with Crippen LogP contribution in [0.1, 0.15) is 0 Å². The van der Waals surface area contributed by atoms with E-state index in [1.54, 1.807) is 0 Å². The average molecular weight is 165 g/mol. The minimum atomic E-state index is -1.17. The van der Waals surface area contributed by atoms with Crippen molar-refractivity contribution in [1.82, 2.24) is 0 Å². The third kappa shape index (κ3) is 2.79. The Labute approximate surface area is 63.3 Å². The van der Waals surface area contributed by atoms with Crippen LogP contribution in [0.2, 0.25) is 0 Å². The maximum Gasteiger partial charge on any atom is 0.155 e. The highest BCUT2D eigenvalue weighted by atomic mass is 16.7. The fourth-order valence-corrected chi connectivity index (χ4v) is 0.450. The van der Waals surface area contributed by atoms with Crippen molar-refractivity contribution in [3.05, 3.63) is 4.91 Å². The largest absolute Gasteiger partial charge is 0.395 e. The first-order valence-corrected chi connectivity index (χ1v) is 3.02. The summed E-state index contributed by atoms with van der Waals surface area (Å²) in [5, 5.41) is 28.1. The van der Waals surface area contributed by atoms with Crippen molar-refractivity contribution in [3.63, 3.8) is 0 Å². The van der Waals surface area contributed by atoms with Crippen LogP contribution in [0.4, 0.5) is 0 Å². The fraction of sp³-hybridized carbons (Fsp3) is 1.00. The molecule has 0 unspecified atom stereocenters. The third-order valence-corrected chi connectivity index (χ3v) is 1.43. The molecular weight excluding hydrogens is 154 g/mol. The highest BCUT2D eigenvalue weighted by Gasteiger charge is 2.29. The van der Waals surface area contributed by atoms with Crippen LogP contribution in [0.5, 0.6) is 0 Å². The molecule has 0 saturated carbocycles. The van der Waals surface area contributed by atoms with Gasteiger partial charge in [-0.1, -0.05) is 0 Å². The van der Waals surface area contributed by atoms with Crippen molar-refractivity contribution in [2.75, 3.05) is 26.4 Å². The van der Waals surface area contributed by atoms with E-state index >= 15 is 0 Å². The highest BCUT2D eigenvalue weighted by Crippen LogP contribution is 2.14. The van der Waals surface area contributed by atoms with Crippen molar-refractivity contribution >= 4 is 0 Å². The summed E-state index contributed by atoms with van der Waals surface area (Å²) in [6.45, 7) is -1.68. The van der Waals surface area contributed by atoms with Gasteiger partial charge in [-0.3, -0.25) is 0 Å². The van der Waals surface area contributed by atoms with E-state index in [-0.39, 0.29) is 6.61 Å². The lowest BCUT2D eigenvalue weighted by Crippen LogP contribution is -2.38. The Morgan fingerprint density at radius 1 is 1.18 bits per heavy atom. The molecule has 0 aromatic carbocycles. The van der Waals surface area contributed by atoms with Crippen molar-refractivity contribution < 1.29 is 20.2 Å². The molecule has 0 amide bonds. The zero-order valence-electron chi connectivity index (χ0n) is 5.93. The van der Waals surface area contributed by atoms with Crippen LogP contribution in [-0.4, -0.2) is 41.7 Å². The van der Waals surface area contributed by atoms with Gasteiger partial charge < -0.3 is 20.2 Å². The van der Waals surface area contributed by atoms with Gasteiger partial charge in [0.25, 0.3) is 0 Å². The van der Waals surface area contributed by atoms with Gasteiger partial charge in [0.15, 0.2) is 5.34 Å². The molecule has 3 N–H and O–H groups in total. The summed E-state index contributed by atoms with van der Waals surface area (Å²) in [5.41, 5.74) is -1.17. The van der Waals surface area contributed by atoms with Crippen molar-refractivity contribution in [3.8, 4) is 0 Å². The van der Waals surface area contributed by atoms with E-state index in [9.17, 15) is 4.91 Å². The second kappa shape index (κ2) is 5.00. The number of rotatable bonds is 6. The summed E-state index contributed by atoms with van der Waals surface area (Å²) in [6.07, 6.45) is 0. The fourth-order valence-electron chi connectivity index (χ4n) is 0.450. The summed E-state index contributed by atoms with van der Waals surface area (Å²) >= 11 is 0. The van der Waals surface area contributed by atoms with Crippen LogP contribution in [0.3, 0.4) is 0 Å². The van der Waals surface area contributed by atoms with Gasteiger partial charge in [-0.2, -0.15) is 0 Å². The van der Waals surface area contributed by atoms with Crippen LogP contribution >= 0.6 is 0 Å². The summed E-state index contributed by atoms with van der Waals surface area (Å²) in [5.74, 6) is 0. The lowest BCUT2D eigenvalue weighted by molar-refractivity contribution is -0.0579. The van der Waals surface area contributed by atoms with E-state index in [4.69, 9.17) is 15.3 Å². The molecule has 0 radical (unpaired) electrons. The van der Waals surface area contributed by atoms with E-state index in [1.807, 2.05) is 0 Å². The predicted octanol–water partition coefficient (Wildman–Crippen LogP) is -1.35. The number of nitrogens with zero attached hydrogens (tertiary/aromatic N) is 1. The van der Waals surface area contributed by atoms with E-state index in [1.165, 1.54) is 0 Å². The minimum absolute atomic E-state index is 0.292. The van der Waals surface area contributed by atoms with E-state index in [2.05, 4.69) is 10.2 Å². The average Bonchev–Trinajstić information content (AvgIpc) is 2.08. The molecular formula is C5H11NO5. The first-order valence-electron chi connectivity index (χ1n) is 3.02. The molecule has 0 bridgehead atoms. The van der Waals surface area contributed by atoms with Gasteiger partial charge in [0, 0.05) is 0 Å². The number of aliphatic hydroxyl groups excluding tert-OH is 3. The molecule has 0 fully saturated rings. The third-order valence-electron chi connectivity index (χ3n) is 1.43. The van der Waals surface area contributed by atoms with Crippen LogP contribution in [0.25, 0.3) is 0 Å². The van der Waals surface area contributed by atoms with Crippen LogP contribution in [-0.2, 0) is 4.84 Å². The van der Waals surface area contributed by atoms with Crippen LogP contribution in [0, 0.1) is 10.3 Å². The molecule has 0 aromatic rings. The molecule has 0 spiro atoms. The molecule has 0 aliphatic heterocycles. The van der Waals surface area contributed by atoms with Gasteiger partial charge in [-0.05, 0) is 0 Å². The van der Waals surface area contributed by atoms with Gasteiger partial charge in [-0.25, -0.2) is 0 Å². The number of hydrogen-bond donors (Lipinski definition) is 3. The molecule has 0 rings (SSSR count). The standard InChI is InChI=1S/C5H11NO5/c7-1-5(2-8,3-9)4-11-6-10/h7-9H,1-4H2. The minimum Gasteiger partial charge on any atom is -0.395 e. The van der Waals surface area contributed by atoms with Gasteiger partial charge in [0.05, 0.1) is 25.2 Å². The summed E-state index contributed by atoms with van der Waals surface area (Å²) in [6, 6.07) is 0. The molecule has 66 valence electrons. The topological polar surface area (TPSA) is 99.4 Å². The smallest absolute Gasteiger partial charge is 0.155 e. The monoisotopic (exact) mass is 165 g/mol. The molecule has 0 aliphatic carbocycles. The number of aliphatic hydroxyl groups is 3. The lowest BCUT2D eigenvalue weighted by Gasteiger charge is -2.24. The van der Waals surface area contributed by atoms with Gasteiger partial charge >= 0.3 is 0 Å². The number of hydrogen-bond acceptors (Lipinski definition) is 6. The molecule has 0 atom stereocenters. The van der Waals surface area contributed by atoms with E-state index < -0.39 is 25.2 Å². The van der Waals surface area contributed by atoms with E-state index in [0.29, 0.717) is 0 Å². The molecule has 0 heterocycles. The van der Waals surface area contributed by atoms with Crippen LogP contribution in [0.15, 0.2) is 5.34 Å². The molecule has 6 nitrogen and oxygen atoms in total. The Balaban J connectivity index is 3.93. The second-order valence-corrected chi connectivity index (χ2v) is 2.32. The van der Waals surface area contributed by atoms with Gasteiger partial charge in [0.2, 0.25) is 0 Å². The second-order valence-electron chi connectivity index (χ2n) is 2.32. The summed E-state index contributed by atoms with van der Waals surface area (Å²) in [4.78, 5) is 13.5. The Morgan fingerprint density at radius 2 is 1.64 bits per heavy atom. The zero-order valence-corrected chi connectivity index (χ0v) is 5.93. The Kier molecular flexibility index (Phi) is 4.67. The highest BCUT2D eigenvalue weighted by molar-refractivity contribution is 4.75. The Hall–Kier alpha value is -0.720. The SMILES string of the molecule is O=NOCC(CO)(CO)CO. The van der Waals surface area contributed by atoms with Gasteiger partial charge in [0.1, 0.15) is 6.61 Å². The van der Waals surface area contributed by atoms with Crippen LogP contribution < -0.4 is 0 Å². The maximum absolute atomic E-state index is 9.48. The molecule has 0 aromatic heterocycles. The van der Waals surface area contributed by atoms with E-state index in [0.717, 1.165) is 0 Å². The Morgan fingerprint density at radius 3 is 1.91 bits per heavy atom. The molecule has 6 heteroatoms. The maximum atomic E-state index is 9.48. The van der Waals surface area contributed by atoms with Gasteiger partial charge in [-0.15, -0.1) is 4.91 Å². The summed E-state index contributed by atoms with van der Waals surface area (Å²) in [7, 11) is 0. The normalized spacial score (nSPS) is 11.2. The lowest BCUT2D eigenvalue weighted by atomic mass is 9.93. The quantitative estimate of drug-likeness (QED) is 0.333. The predicted molar refractivity (Wildman–Crippen MR) is 35.4 cm³/mol. The molecule has 0 saturated heterocycles. The van der Waals surface area contributed by atoms with Crippen molar-refractivity contribution in [1.29, 1.82) is 0 Å². The first kappa shape index (κ1) is 10.3. The summed E-state index contributed by atoms with van der Waals surface area (Å²) < 4.78 is 0. The molecule has 11 heavy (non-hydrogen) atoms. The van der Waals surface area contributed by atoms with Crippen molar-refractivity contribution in [2.24, 2.45) is 10.8 Å². The molecule has 0 aliphatic rings.